The Morgan fingerprint density at radius 2 is 0.171 bits per heavy atom. The van der Waals surface area contributed by atoms with Crippen molar-refractivity contribution in [1.82, 2.24) is 0 Å². The van der Waals surface area contributed by atoms with Gasteiger partial charge in [-0.3, -0.25) is 0 Å². The van der Waals surface area contributed by atoms with Crippen molar-refractivity contribution >= 4 is 592 Å². The molecule has 454 valence electrons. The molecule has 0 fully saturated rings. The Morgan fingerprint density at radius 3 is 0.171 bits per heavy atom. The number of hydrogen-bond acceptors (Lipinski definition) is 1. The van der Waals surface area contributed by atoms with E-state index in [0.717, 1.165) is 0 Å². The lowest BCUT2D eigenvalue weighted by Gasteiger charge is -2.01. The molecule has 0 atom stereocenters. The first-order chi connectivity index (χ1) is 30.3. The Morgan fingerprint density at radius 1 is 0.157 bits per heavy atom. The van der Waals surface area contributed by atoms with E-state index in [9.17, 15) is 0 Å². The highest BCUT2D eigenvalue weighted by molar-refractivity contribution is 6.70. The fraction of sp³-hybridized carbons (Fsp3) is 1.00. The molecular formula is C18H19Cl51O. The van der Waals surface area contributed by atoms with Crippen molar-refractivity contribution in [3.05, 3.63) is 0 Å². The quantitative estimate of drug-likeness (QED) is 0.240. The monoisotopic (exact) mass is 2030 g/mol. The summed E-state index contributed by atoms with van der Waals surface area (Å²) in [5.41, 5.74) is 0. The Labute approximate surface area is 663 Å². The van der Waals surface area contributed by atoms with E-state index in [2.05, 4.69) is 0 Å². The number of halogens is 51. The summed E-state index contributed by atoms with van der Waals surface area (Å²) < 4.78 is -13.5. The Kier molecular flexibility index (Phi) is 218. The summed E-state index contributed by atoms with van der Waals surface area (Å²) >= 11 is 246. The summed E-state index contributed by atoms with van der Waals surface area (Å²) in [7, 11) is 0. The van der Waals surface area contributed by atoms with Crippen LogP contribution in [0.25, 0.3) is 0 Å². The zero-order valence-corrected chi connectivity index (χ0v) is 68.7. The van der Waals surface area contributed by atoms with Crippen molar-refractivity contribution in [2.24, 2.45) is 0 Å². The van der Waals surface area contributed by atoms with Gasteiger partial charge in [0, 0.05) is 0 Å². The summed E-state index contributed by atoms with van der Waals surface area (Å²) in [6.45, 7) is -0.433. The van der Waals surface area contributed by atoms with Crippen molar-refractivity contribution in [3.63, 3.8) is 0 Å². The molecule has 0 aromatic carbocycles. The van der Waals surface area contributed by atoms with Crippen LogP contribution in [0.2, 0.25) is 0 Å². The SMILES string of the molecule is ClC(Cl)Cl.ClC(Cl)Cl.ClC(Cl)Cl.ClC(Cl)Cl.ClC(Cl)Cl.ClC(Cl)Cl.ClC(Cl)Cl.ClC(Cl)Cl.ClC(Cl)Cl.ClC(Cl)Cl.ClC(Cl)Cl.ClC(Cl)Cl.ClC(Cl)Cl.ClC(Cl)Cl.ClC(Cl)Cl.ClC(Cl)Cl.OCC(Cl)(Cl)Cl. The minimum Gasteiger partial charge on any atom is -0.392 e. The van der Waals surface area contributed by atoms with Gasteiger partial charge < -0.3 is 5.11 Å². The average Bonchev–Trinajstić information content (AvgIpc) is 2.92. The first kappa shape index (κ1) is 130. The Hall–Kier alpha value is 14.7. The lowest BCUT2D eigenvalue weighted by atomic mass is 10.9. The molecular weight excluding hydrogens is 2040 g/mol. The predicted molar refractivity (Wildman–Crippen MR) is 369 cm³/mol. The molecule has 0 radical (unpaired) electrons. The van der Waals surface area contributed by atoms with E-state index in [4.69, 9.17) is 597 Å². The number of aliphatic hydroxyl groups excluding tert-OH is 1. The highest BCUT2D eigenvalue weighted by Gasteiger charge is 2.16. The van der Waals surface area contributed by atoms with Crippen LogP contribution in [0.15, 0.2) is 0 Å². The lowest BCUT2D eigenvalue weighted by molar-refractivity contribution is 0.303. The summed E-state index contributed by atoms with van der Waals surface area (Å²) in [4.78, 5) is 0. The summed E-state index contributed by atoms with van der Waals surface area (Å²) in [5.74, 6) is 0. The van der Waals surface area contributed by atoms with E-state index in [0.29, 0.717) is 0 Å². The third-order valence-corrected chi connectivity index (χ3v) is 0.538. The molecule has 0 aromatic heterocycles. The zero-order chi connectivity index (χ0) is 62.4. The second-order valence-electron chi connectivity index (χ2n) is 4.73. The molecule has 1 N–H and O–H groups in total. The van der Waals surface area contributed by atoms with Crippen LogP contribution >= 0.6 is 592 Å². The third-order valence-electron chi connectivity index (χ3n) is 0.179. The predicted octanol–water partition coefficient (Wildman–Crippen LogP) is 33.1. The number of rotatable bonds is 0. The van der Waals surface area contributed by atoms with E-state index in [1.165, 1.54) is 0 Å². The van der Waals surface area contributed by atoms with Crippen LogP contribution in [-0.2, 0) is 0 Å². The van der Waals surface area contributed by atoms with Crippen molar-refractivity contribution in [2.75, 3.05) is 6.61 Å². The van der Waals surface area contributed by atoms with Crippen LogP contribution in [0, 0.1) is 0 Å². The minimum atomic E-state index is -1.49. The van der Waals surface area contributed by atoms with Crippen LogP contribution in [-0.4, -0.2) is 84.2 Å². The molecule has 1 nitrogen and oxygen atoms in total. The number of hydrogen-bond donors (Lipinski definition) is 1. The largest absolute Gasteiger partial charge is 0.392 e. The van der Waals surface area contributed by atoms with Gasteiger partial charge in [-0.1, -0.05) is 592 Å². The first-order valence-corrected chi connectivity index (χ1v) is 33.8. The summed E-state index contributed by atoms with van der Waals surface area (Å²) in [5, 5.41) is 8.01. The van der Waals surface area contributed by atoms with E-state index in [-0.39, 0.29) is 0 Å². The van der Waals surface area contributed by atoms with Gasteiger partial charge in [0.25, 0.3) is 0 Å². The fourth-order valence-electron chi connectivity index (χ4n) is 0. The van der Waals surface area contributed by atoms with Gasteiger partial charge in [0.05, 0.1) is 6.61 Å². The van der Waals surface area contributed by atoms with Gasteiger partial charge in [-0.2, -0.15) is 0 Å². The summed E-state index contributed by atoms with van der Waals surface area (Å²) in [6, 6.07) is 0. The van der Waals surface area contributed by atoms with Gasteiger partial charge in [-0.05, 0) is 0 Å². The van der Waals surface area contributed by atoms with Crippen molar-refractivity contribution < 1.29 is 5.11 Å². The molecule has 0 aliphatic heterocycles. The fourth-order valence-corrected chi connectivity index (χ4v) is 0. The normalized spacial score (nSPS) is 9.26. The van der Waals surface area contributed by atoms with Gasteiger partial charge in [-0.25, -0.2) is 0 Å². The first-order valence-electron chi connectivity index (χ1n) is 11.7. The molecule has 70 heavy (non-hydrogen) atoms. The second kappa shape index (κ2) is 118. The van der Waals surface area contributed by atoms with Crippen molar-refractivity contribution in [2.45, 2.75) is 72.5 Å². The molecule has 0 heterocycles. The van der Waals surface area contributed by atoms with Gasteiger partial charge >= 0.3 is 0 Å². The minimum absolute atomic E-state index is 0.433. The molecule has 0 saturated heterocycles. The Bertz CT molecular complexity index is 423. The van der Waals surface area contributed by atoms with Gasteiger partial charge in [0.15, 0.2) is 68.7 Å². The van der Waals surface area contributed by atoms with Crippen LogP contribution in [0.3, 0.4) is 0 Å². The van der Waals surface area contributed by atoms with Gasteiger partial charge in [-0.15, -0.1) is 0 Å². The molecule has 0 spiro atoms. The average molecular weight is 2060 g/mol. The zero-order valence-electron chi connectivity index (χ0n) is 30.2. The molecule has 0 saturated carbocycles. The molecule has 0 aliphatic carbocycles. The van der Waals surface area contributed by atoms with Gasteiger partial charge in [0.1, 0.15) is 0 Å². The van der Waals surface area contributed by atoms with E-state index >= 15 is 0 Å². The Balaban J connectivity index is -0.0000000285. The molecule has 0 rings (SSSR count). The van der Waals surface area contributed by atoms with Crippen molar-refractivity contribution in [1.29, 1.82) is 0 Å². The molecule has 52 heteroatoms. The topological polar surface area (TPSA) is 20.2 Å². The molecule has 0 aliphatic rings. The molecule has 0 aromatic rings. The van der Waals surface area contributed by atoms with Crippen LogP contribution in [0.5, 0.6) is 0 Å². The highest BCUT2D eigenvalue weighted by Crippen LogP contribution is 2.24. The number of aliphatic hydroxyl groups is 1. The van der Waals surface area contributed by atoms with E-state index in [1.54, 1.807) is 0 Å². The van der Waals surface area contributed by atoms with E-state index in [1.807, 2.05) is 0 Å². The standard InChI is InChI=1S/C2H3Cl3O.16CHCl3/c3-2(4,5)1-6;16*2-1(3)4/h6H,1H2;16*1H. The maximum atomic E-state index is 8.01. The van der Waals surface area contributed by atoms with Crippen LogP contribution in [0.4, 0.5) is 0 Å². The van der Waals surface area contributed by atoms with Crippen LogP contribution in [0.1, 0.15) is 0 Å². The van der Waals surface area contributed by atoms with Crippen LogP contribution < -0.4 is 0 Å². The maximum absolute atomic E-state index is 8.01. The second-order valence-corrected chi connectivity index (χ2v) is 38.9. The maximum Gasteiger partial charge on any atom is 0.213 e. The van der Waals surface area contributed by atoms with E-state index < -0.39 is 79.1 Å². The highest BCUT2D eigenvalue weighted by atomic mass is 35.6. The smallest absolute Gasteiger partial charge is 0.213 e. The molecule has 0 unspecified atom stereocenters. The van der Waals surface area contributed by atoms with Gasteiger partial charge in [0.2, 0.25) is 3.79 Å². The number of alkyl halides is 51. The third kappa shape index (κ3) is 1760. The lowest BCUT2D eigenvalue weighted by Crippen LogP contribution is -2.06. The molecule has 0 bridgehead atoms. The van der Waals surface area contributed by atoms with Crippen molar-refractivity contribution in [3.8, 4) is 0 Å². The molecule has 0 amide bonds. The summed E-state index contributed by atoms with van der Waals surface area (Å²) in [6.07, 6.45) is 0.